The standard InChI is InChI=1S/C16H16O3/c1-10-8-11(2)15(16(17)18)9-14(10)12-4-6-13(19-3)7-5-12/h4-9H,1-3H3,(H,17,18). The van der Waals surface area contributed by atoms with E-state index >= 15 is 0 Å². The van der Waals surface area contributed by atoms with E-state index in [-0.39, 0.29) is 0 Å². The molecule has 0 heterocycles. The lowest BCUT2D eigenvalue weighted by molar-refractivity contribution is 0.0696. The highest BCUT2D eigenvalue weighted by atomic mass is 16.5. The Morgan fingerprint density at radius 2 is 1.68 bits per heavy atom. The summed E-state index contributed by atoms with van der Waals surface area (Å²) in [6, 6.07) is 11.2. The molecular formula is C16H16O3. The van der Waals surface area contributed by atoms with E-state index in [1.165, 1.54) is 0 Å². The van der Waals surface area contributed by atoms with E-state index in [0.717, 1.165) is 28.0 Å². The molecule has 0 spiro atoms. The van der Waals surface area contributed by atoms with Crippen LogP contribution in [0.25, 0.3) is 11.1 Å². The molecule has 2 aromatic rings. The van der Waals surface area contributed by atoms with Gasteiger partial charge in [-0.3, -0.25) is 0 Å². The third kappa shape index (κ3) is 2.60. The van der Waals surface area contributed by atoms with Crippen molar-refractivity contribution in [3.05, 3.63) is 53.1 Å². The van der Waals surface area contributed by atoms with Crippen molar-refractivity contribution < 1.29 is 14.6 Å². The number of aryl methyl sites for hydroxylation is 2. The number of aromatic carboxylic acids is 1. The summed E-state index contributed by atoms with van der Waals surface area (Å²) < 4.78 is 5.12. The Hall–Kier alpha value is -2.29. The third-order valence-corrected chi connectivity index (χ3v) is 3.20. The molecule has 0 saturated carbocycles. The minimum Gasteiger partial charge on any atom is -0.497 e. The molecule has 0 aliphatic heterocycles. The molecule has 0 aromatic heterocycles. The van der Waals surface area contributed by atoms with E-state index in [1.54, 1.807) is 13.2 Å². The first-order valence-corrected chi connectivity index (χ1v) is 6.02. The van der Waals surface area contributed by atoms with Crippen molar-refractivity contribution in [1.82, 2.24) is 0 Å². The average Bonchev–Trinajstić information content (AvgIpc) is 2.38. The summed E-state index contributed by atoms with van der Waals surface area (Å²) in [7, 11) is 1.62. The molecular weight excluding hydrogens is 240 g/mol. The Morgan fingerprint density at radius 3 is 2.21 bits per heavy atom. The number of benzene rings is 2. The summed E-state index contributed by atoms with van der Waals surface area (Å²) in [4.78, 5) is 11.2. The van der Waals surface area contributed by atoms with Gasteiger partial charge in [0.15, 0.2) is 0 Å². The topological polar surface area (TPSA) is 46.5 Å². The summed E-state index contributed by atoms with van der Waals surface area (Å²) in [6.45, 7) is 3.80. The number of methoxy groups -OCH3 is 1. The first-order valence-electron chi connectivity index (χ1n) is 6.02. The molecule has 3 nitrogen and oxygen atoms in total. The van der Waals surface area contributed by atoms with Crippen LogP contribution in [0.15, 0.2) is 36.4 Å². The van der Waals surface area contributed by atoms with Crippen LogP contribution in [0.4, 0.5) is 0 Å². The van der Waals surface area contributed by atoms with E-state index < -0.39 is 5.97 Å². The van der Waals surface area contributed by atoms with Gasteiger partial charge in [0.2, 0.25) is 0 Å². The number of carboxylic acid groups (broad SMARTS) is 1. The maximum atomic E-state index is 11.2. The highest BCUT2D eigenvalue weighted by Crippen LogP contribution is 2.28. The lowest BCUT2D eigenvalue weighted by Crippen LogP contribution is -2.01. The van der Waals surface area contributed by atoms with Gasteiger partial charge in [0.25, 0.3) is 0 Å². The van der Waals surface area contributed by atoms with Gasteiger partial charge in [0.1, 0.15) is 5.75 Å². The number of ether oxygens (including phenoxy) is 1. The van der Waals surface area contributed by atoms with Crippen molar-refractivity contribution in [3.63, 3.8) is 0 Å². The Balaban J connectivity index is 2.54. The quantitative estimate of drug-likeness (QED) is 0.911. The summed E-state index contributed by atoms with van der Waals surface area (Å²) >= 11 is 0. The highest BCUT2D eigenvalue weighted by Gasteiger charge is 2.11. The van der Waals surface area contributed by atoms with Gasteiger partial charge in [-0.1, -0.05) is 18.2 Å². The predicted octanol–water partition coefficient (Wildman–Crippen LogP) is 3.68. The SMILES string of the molecule is COc1ccc(-c2cc(C(=O)O)c(C)cc2C)cc1. The lowest BCUT2D eigenvalue weighted by Gasteiger charge is -2.10. The summed E-state index contributed by atoms with van der Waals surface area (Å²) in [5, 5.41) is 9.19. The zero-order valence-electron chi connectivity index (χ0n) is 11.2. The zero-order valence-corrected chi connectivity index (χ0v) is 11.2. The molecule has 0 aliphatic carbocycles. The predicted molar refractivity (Wildman–Crippen MR) is 74.9 cm³/mol. The van der Waals surface area contributed by atoms with Crippen LogP contribution >= 0.6 is 0 Å². The number of hydrogen-bond donors (Lipinski definition) is 1. The average molecular weight is 256 g/mol. The second-order valence-corrected chi connectivity index (χ2v) is 4.52. The molecule has 0 fully saturated rings. The molecule has 0 radical (unpaired) electrons. The fourth-order valence-corrected chi connectivity index (χ4v) is 2.16. The molecule has 0 atom stereocenters. The van der Waals surface area contributed by atoms with Gasteiger partial charge >= 0.3 is 5.97 Å². The van der Waals surface area contributed by atoms with Crippen LogP contribution in [0.2, 0.25) is 0 Å². The highest BCUT2D eigenvalue weighted by molar-refractivity contribution is 5.91. The van der Waals surface area contributed by atoms with Gasteiger partial charge in [0, 0.05) is 0 Å². The Kier molecular flexibility index (Phi) is 3.56. The van der Waals surface area contributed by atoms with E-state index in [0.29, 0.717) is 5.56 Å². The fraction of sp³-hybridized carbons (Fsp3) is 0.188. The Morgan fingerprint density at radius 1 is 1.05 bits per heavy atom. The van der Waals surface area contributed by atoms with Crippen LogP contribution in [0.1, 0.15) is 21.5 Å². The van der Waals surface area contributed by atoms with Gasteiger partial charge in [-0.15, -0.1) is 0 Å². The fourth-order valence-electron chi connectivity index (χ4n) is 2.16. The van der Waals surface area contributed by atoms with E-state index in [9.17, 15) is 9.90 Å². The van der Waals surface area contributed by atoms with Gasteiger partial charge in [-0.25, -0.2) is 4.79 Å². The van der Waals surface area contributed by atoms with Crippen LogP contribution in [-0.4, -0.2) is 18.2 Å². The van der Waals surface area contributed by atoms with Crippen LogP contribution < -0.4 is 4.74 Å². The first-order chi connectivity index (χ1) is 9.02. The number of hydrogen-bond acceptors (Lipinski definition) is 2. The molecule has 3 heteroatoms. The van der Waals surface area contributed by atoms with E-state index in [2.05, 4.69) is 0 Å². The van der Waals surface area contributed by atoms with Crippen LogP contribution in [0.3, 0.4) is 0 Å². The third-order valence-electron chi connectivity index (χ3n) is 3.20. The monoisotopic (exact) mass is 256 g/mol. The van der Waals surface area contributed by atoms with Crippen molar-refractivity contribution in [1.29, 1.82) is 0 Å². The maximum absolute atomic E-state index is 11.2. The van der Waals surface area contributed by atoms with Crippen molar-refractivity contribution in [2.45, 2.75) is 13.8 Å². The first kappa shape index (κ1) is 13.1. The molecule has 2 rings (SSSR count). The maximum Gasteiger partial charge on any atom is 0.335 e. The summed E-state index contributed by atoms with van der Waals surface area (Å²) in [5.74, 6) is -0.112. The second kappa shape index (κ2) is 5.14. The zero-order chi connectivity index (χ0) is 14.0. The van der Waals surface area contributed by atoms with Crippen molar-refractivity contribution in [2.75, 3.05) is 7.11 Å². The molecule has 19 heavy (non-hydrogen) atoms. The molecule has 0 bridgehead atoms. The van der Waals surface area contributed by atoms with Crippen LogP contribution in [-0.2, 0) is 0 Å². The van der Waals surface area contributed by atoms with Gasteiger partial charge in [0.05, 0.1) is 12.7 Å². The molecule has 1 N–H and O–H groups in total. The van der Waals surface area contributed by atoms with Crippen molar-refractivity contribution in [3.8, 4) is 16.9 Å². The molecule has 0 saturated heterocycles. The van der Waals surface area contributed by atoms with Crippen molar-refractivity contribution >= 4 is 5.97 Å². The number of carboxylic acids is 1. The van der Waals surface area contributed by atoms with E-state index in [4.69, 9.17) is 4.74 Å². The normalized spacial score (nSPS) is 10.3. The lowest BCUT2D eigenvalue weighted by atomic mass is 9.95. The van der Waals surface area contributed by atoms with Gasteiger partial charge in [-0.05, 0) is 54.3 Å². The molecule has 98 valence electrons. The van der Waals surface area contributed by atoms with Gasteiger partial charge < -0.3 is 9.84 Å². The van der Waals surface area contributed by atoms with Gasteiger partial charge in [-0.2, -0.15) is 0 Å². The largest absolute Gasteiger partial charge is 0.497 e. The van der Waals surface area contributed by atoms with Crippen molar-refractivity contribution in [2.24, 2.45) is 0 Å². The van der Waals surface area contributed by atoms with Crippen LogP contribution in [0.5, 0.6) is 5.75 Å². The summed E-state index contributed by atoms with van der Waals surface area (Å²) in [6.07, 6.45) is 0. The Bertz CT molecular complexity index is 613. The minimum absolute atomic E-state index is 0.344. The summed E-state index contributed by atoms with van der Waals surface area (Å²) in [5.41, 5.74) is 4.11. The number of carbonyl (C=O) groups is 1. The Labute approximate surface area is 112 Å². The minimum atomic E-state index is -0.896. The smallest absolute Gasteiger partial charge is 0.335 e. The molecule has 0 amide bonds. The van der Waals surface area contributed by atoms with E-state index in [1.807, 2.05) is 44.2 Å². The molecule has 0 aliphatic rings. The second-order valence-electron chi connectivity index (χ2n) is 4.52. The molecule has 0 unspecified atom stereocenters. The number of rotatable bonds is 3. The van der Waals surface area contributed by atoms with Crippen LogP contribution in [0, 0.1) is 13.8 Å². The molecule has 2 aromatic carbocycles.